The van der Waals surface area contributed by atoms with E-state index < -0.39 is 0 Å². The number of aryl methyl sites for hydroxylation is 2. The highest BCUT2D eigenvalue weighted by atomic mass is 32.1. The third-order valence-electron chi connectivity index (χ3n) is 2.21. The van der Waals surface area contributed by atoms with Gasteiger partial charge in [-0.05, 0) is 13.3 Å². The minimum atomic E-state index is 0.745. The molecule has 0 aromatic carbocycles. The van der Waals surface area contributed by atoms with Crippen LogP contribution in [-0.4, -0.2) is 19.7 Å². The first-order valence-corrected chi connectivity index (χ1v) is 6.14. The van der Waals surface area contributed by atoms with E-state index in [1.165, 1.54) is 5.69 Å². The lowest BCUT2D eigenvalue weighted by Crippen LogP contribution is -2.06. The van der Waals surface area contributed by atoms with Crippen molar-refractivity contribution in [1.82, 2.24) is 19.7 Å². The second kappa shape index (κ2) is 5.07. The summed E-state index contributed by atoms with van der Waals surface area (Å²) >= 11 is 1.57. The molecule has 0 spiro atoms. The van der Waals surface area contributed by atoms with Crippen molar-refractivity contribution in [2.45, 2.75) is 33.4 Å². The Labute approximate surface area is 98.5 Å². The molecule has 0 saturated heterocycles. The van der Waals surface area contributed by atoms with Crippen LogP contribution < -0.4 is 5.32 Å². The monoisotopic (exact) mass is 237 g/mol. The van der Waals surface area contributed by atoms with Gasteiger partial charge in [-0.2, -0.15) is 0 Å². The average Bonchev–Trinajstić information content (AvgIpc) is 2.85. The minimum Gasteiger partial charge on any atom is -0.354 e. The summed E-state index contributed by atoms with van der Waals surface area (Å²) in [4.78, 5) is 4.15. The first-order chi connectivity index (χ1) is 7.79. The van der Waals surface area contributed by atoms with Gasteiger partial charge in [-0.15, -0.1) is 10.2 Å². The fraction of sp³-hybridized carbons (Fsp3) is 0.500. The number of anilines is 1. The third-order valence-corrected chi connectivity index (χ3v) is 3.01. The van der Waals surface area contributed by atoms with Crippen molar-refractivity contribution in [3.63, 3.8) is 0 Å². The van der Waals surface area contributed by atoms with Gasteiger partial charge in [0.2, 0.25) is 5.13 Å². The Morgan fingerprint density at radius 3 is 3.00 bits per heavy atom. The maximum atomic E-state index is 4.15. The number of aromatic nitrogens is 4. The molecule has 2 aromatic rings. The molecule has 86 valence electrons. The van der Waals surface area contributed by atoms with Crippen molar-refractivity contribution in [1.29, 1.82) is 0 Å². The molecular weight excluding hydrogens is 222 g/mol. The van der Waals surface area contributed by atoms with Crippen molar-refractivity contribution >= 4 is 16.5 Å². The van der Waals surface area contributed by atoms with Crippen LogP contribution in [0.5, 0.6) is 0 Å². The van der Waals surface area contributed by atoms with Crippen LogP contribution in [-0.2, 0) is 13.1 Å². The van der Waals surface area contributed by atoms with E-state index in [0.29, 0.717) is 0 Å². The highest BCUT2D eigenvalue weighted by Crippen LogP contribution is 2.14. The van der Waals surface area contributed by atoms with Crippen molar-refractivity contribution in [3.05, 3.63) is 23.2 Å². The van der Waals surface area contributed by atoms with Crippen molar-refractivity contribution in [2.24, 2.45) is 0 Å². The highest BCUT2D eigenvalue weighted by molar-refractivity contribution is 7.15. The molecule has 2 heterocycles. The topological polar surface area (TPSA) is 55.6 Å². The molecule has 0 atom stereocenters. The van der Waals surface area contributed by atoms with E-state index in [2.05, 4.69) is 32.0 Å². The number of nitrogens with one attached hydrogen (secondary N) is 1. The van der Waals surface area contributed by atoms with Crippen LogP contribution in [0.15, 0.2) is 12.5 Å². The fourth-order valence-corrected chi connectivity index (χ4v) is 2.06. The molecule has 0 unspecified atom stereocenters. The fourth-order valence-electron chi connectivity index (χ4n) is 1.47. The van der Waals surface area contributed by atoms with Gasteiger partial charge in [0.1, 0.15) is 5.01 Å². The summed E-state index contributed by atoms with van der Waals surface area (Å²) in [7, 11) is 0. The summed E-state index contributed by atoms with van der Waals surface area (Å²) in [6, 6.07) is 0. The molecule has 0 radical (unpaired) electrons. The molecule has 6 heteroatoms. The summed E-state index contributed by atoms with van der Waals surface area (Å²) in [5.74, 6) is 0. The van der Waals surface area contributed by atoms with Crippen LogP contribution in [0, 0.1) is 6.92 Å². The van der Waals surface area contributed by atoms with Crippen molar-refractivity contribution < 1.29 is 0 Å². The number of hydrogen-bond donors (Lipinski definition) is 1. The molecule has 5 nitrogen and oxygen atoms in total. The summed E-state index contributed by atoms with van der Waals surface area (Å²) < 4.78 is 2.15. The molecule has 0 aliphatic heterocycles. The van der Waals surface area contributed by atoms with E-state index in [4.69, 9.17) is 0 Å². The molecule has 0 aliphatic carbocycles. The lowest BCUT2D eigenvalue weighted by atomic mass is 10.4. The van der Waals surface area contributed by atoms with E-state index in [0.717, 1.165) is 29.6 Å². The molecular formula is C10H15N5S. The number of rotatable bonds is 5. The highest BCUT2D eigenvalue weighted by Gasteiger charge is 2.03. The van der Waals surface area contributed by atoms with Gasteiger partial charge >= 0.3 is 0 Å². The zero-order valence-electron chi connectivity index (χ0n) is 9.47. The Morgan fingerprint density at radius 2 is 2.31 bits per heavy atom. The zero-order chi connectivity index (χ0) is 11.4. The van der Waals surface area contributed by atoms with Crippen LogP contribution in [0.4, 0.5) is 5.13 Å². The number of nitrogens with zero attached hydrogens (tertiary/aromatic N) is 4. The van der Waals surface area contributed by atoms with E-state index in [9.17, 15) is 0 Å². The van der Waals surface area contributed by atoms with Gasteiger partial charge in [0.15, 0.2) is 0 Å². The Kier molecular flexibility index (Phi) is 3.51. The SMILES string of the molecule is CCCn1cncc1CNc1nnc(C)s1. The smallest absolute Gasteiger partial charge is 0.205 e. The summed E-state index contributed by atoms with van der Waals surface area (Å²) in [5.41, 5.74) is 1.18. The summed E-state index contributed by atoms with van der Waals surface area (Å²) in [6.07, 6.45) is 4.86. The summed E-state index contributed by atoms with van der Waals surface area (Å²) in [5, 5.41) is 13.1. The number of imidazole rings is 1. The zero-order valence-corrected chi connectivity index (χ0v) is 10.3. The Hall–Kier alpha value is -1.43. The predicted octanol–water partition coefficient (Wildman–Crippen LogP) is 2.07. The lowest BCUT2D eigenvalue weighted by molar-refractivity contribution is 0.651. The molecule has 0 fully saturated rings. The van der Waals surface area contributed by atoms with E-state index in [-0.39, 0.29) is 0 Å². The molecule has 16 heavy (non-hydrogen) atoms. The van der Waals surface area contributed by atoms with Gasteiger partial charge in [-0.25, -0.2) is 4.98 Å². The lowest BCUT2D eigenvalue weighted by Gasteiger charge is -2.06. The van der Waals surface area contributed by atoms with E-state index >= 15 is 0 Å². The number of hydrogen-bond acceptors (Lipinski definition) is 5. The van der Waals surface area contributed by atoms with Crippen LogP contribution in [0.1, 0.15) is 24.0 Å². The van der Waals surface area contributed by atoms with Gasteiger partial charge in [-0.3, -0.25) is 0 Å². The largest absolute Gasteiger partial charge is 0.354 e. The average molecular weight is 237 g/mol. The van der Waals surface area contributed by atoms with Crippen LogP contribution in [0.25, 0.3) is 0 Å². The predicted molar refractivity (Wildman–Crippen MR) is 64.5 cm³/mol. The minimum absolute atomic E-state index is 0.745. The third kappa shape index (κ3) is 2.57. The first kappa shape index (κ1) is 11.1. The van der Waals surface area contributed by atoms with Crippen LogP contribution in [0.3, 0.4) is 0 Å². The molecule has 0 amide bonds. The maximum Gasteiger partial charge on any atom is 0.205 e. The van der Waals surface area contributed by atoms with Crippen LogP contribution >= 0.6 is 11.3 Å². The molecule has 2 aromatic heterocycles. The quantitative estimate of drug-likeness (QED) is 0.865. The molecule has 0 aliphatic rings. The van der Waals surface area contributed by atoms with Crippen molar-refractivity contribution in [2.75, 3.05) is 5.32 Å². The van der Waals surface area contributed by atoms with Gasteiger partial charge in [0.25, 0.3) is 0 Å². The van der Waals surface area contributed by atoms with Gasteiger partial charge < -0.3 is 9.88 Å². The standard InChI is InChI=1S/C10H15N5S/c1-3-4-15-7-11-5-9(15)6-12-10-14-13-8(2)16-10/h5,7H,3-4,6H2,1-2H3,(H,12,14). The molecule has 1 N–H and O–H groups in total. The normalized spacial score (nSPS) is 10.6. The molecule has 2 rings (SSSR count). The Bertz CT molecular complexity index is 448. The first-order valence-electron chi connectivity index (χ1n) is 5.32. The van der Waals surface area contributed by atoms with Gasteiger partial charge in [0.05, 0.1) is 18.6 Å². The van der Waals surface area contributed by atoms with Gasteiger partial charge in [-0.1, -0.05) is 18.3 Å². The maximum absolute atomic E-state index is 4.15. The van der Waals surface area contributed by atoms with Crippen molar-refractivity contribution in [3.8, 4) is 0 Å². The molecule has 0 saturated carbocycles. The van der Waals surface area contributed by atoms with E-state index in [1.807, 2.05) is 19.4 Å². The Morgan fingerprint density at radius 1 is 1.44 bits per heavy atom. The second-order valence-corrected chi connectivity index (χ2v) is 4.74. The summed E-state index contributed by atoms with van der Waals surface area (Å²) in [6.45, 7) is 5.86. The second-order valence-electron chi connectivity index (χ2n) is 3.56. The van der Waals surface area contributed by atoms with E-state index in [1.54, 1.807) is 11.3 Å². The Balaban J connectivity index is 1.96. The molecule has 0 bridgehead atoms. The van der Waals surface area contributed by atoms with Gasteiger partial charge in [0, 0.05) is 12.7 Å². The van der Waals surface area contributed by atoms with Crippen LogP contribution in [0.2, 0.25) is 0 Å².